The first-order valence-electron chi connectivity index (χ1n) is 8.26. The van der Waals surface area contributed by atoms with E-state index >= 15 is 0 Å². The van der Waals surface area contributed by atoms with Crippen molar-refractivity contribution >= 4 is 22.9 Å². The molecule has 1 fully saturated rings. The summed E-state index contributed by atoms with van der Waals surface area (Å²) in [5.74, 6) is 0.855. The van der Waals surface area contributed by atoms with Gasteiger partial charge in [-0.15, -0.1) is 0 Å². The molecule has 1 aliphatic rings. The van der Waals surface area contributed by atoms with Gasteiger partial charge in [-0.2, -0.15) is 0 Å². The van der Waals surface area contributed by atoms with Gasteiger partial charge in [0.1, 0.15) is 11.4 Å². The number of fused-ring (bicyclic) bond motifs is 1. The molecule has 3 rings (SSSR count). The maximum Gasteiger partial charge on any atom is 0.410 e. The van der Waals surface area contributed by atoms with Crippen LogP contribution >= 0.6 is 0 Å². The average Bonchev–Trinajstić information content (AvgIpc) is 3.02. The molecule has 0 bridgehead atoms. The Kier molecular flexibility index (Phi) is 4.30. The smallest absolute Gasteiger partial charge is 0.410 e. The van der Waals surface area contributed by atoms with E-state index in [1.165, 1.54) is 0 Å². The number of carbonyl (C=O) groups excluding carboxylic acids is 1. The van der Waals surface area contributed by atoms with Gasteiger partial charge in [-0.25, -0.2) is 9.78 Å². The molecule has 2 heterocycles. The number of likely N-dealkylation sites (N-methyl/N-ethyl adjacent to an activating group) is 1. The second-order valence-electron chi connectivity index (χ2n) is 7.20. The second-order valence-corrected chi connectivity index (χ2v) is 7.20. The highest BCUT2D eigenvalue weighted by Gasteiger charge is 2.31. The van der Waals surface area contributed by atoms with E-state index in [1.807, 2.05) is 45.0 Å². The van der Waals surface area contributed by atoms with Crippen molar-refractivity contribution in [2.24, 2.45) is 0 Å². The van der Waals surface area contributed by atoms with Crippen molar-refractivity contribution < 1.29 is 9.53 Å². The van der Waals surface area contributed by atoms with E-state index in [9.17, 15) is 4.79 Å². The molecule has 128 valence electrons. The van der Waals surface area contributed by atoms with Crippen LogP contribution in [0.1, 0.15) is 27.2 Å². The van der Waals surface area contributed by atoms with Gasteiger partial charge in [-0.3, -0.25) is 4.98 Å². The van der Waals surface area contributed by atoms with Gasteiger partial charge in [0.2, 0.25) is 0 Å². The van der Waals surface area contributed by atoms with Crippen LogP contribution < -0.4 is 4.90 Å². The fraction of sp³-hybridized carbons (Fsp3) is 0.500. The molecule has 1 unspecified atom stereocenters. The summed E-state index contributed by atoms with van der Waals surface area (Å²) in [6.07, 6.45) is 2.42. The van der Waals surface area contributed by atoms with E-state index < -0.39 is 5.60 Å². The summed E-state index contributed by atoms with van der Waals surface area (Å²) in [6.45, 7) is 7.23. The zero-order valence-electron chi connectivity index (χ0n) is 14.7. The Hall–Kier alpha value is -2.37. The molecule has 1 saturated heterocycles. The fourth-order valence-electron chi connectivity index (χ4n) is 2.85. The van der Waals surface area contributed by atoms with Crippen LogP contribution in [0.25, 0.3) is 11.0 Å². The zero-order chi connectivity index (χ0) is 17.3. The van der Waals surface area contributed by atoms with Gasteiger partial charge in [-0.05, 0) is 39.3 Å². The lowest BCUT2D eigenvalue weighted by Gasteiger charge is -2.28. The molecule has 1 aromatic carbocycles. The van der Waals surface area contributed by atoms with E-state index in [2.05, 4.69) is 14.9 Å². The number of rotatable bonds is 2. The van der Waals surface area contributed by atoms with E-state index in [0.717, 1.165) is 36.4 Å². The Morgan fingerprint density at radius 1 is 1.29 bits per heavy atom. The Morgan fingerprint density at radius 2 is 2.00 bits per heavy atom. The van der Waals surface area contributed by atoms with Gasteiger partial charge in [0.05, 0.1) is 23.3 Å². The number of amides is 1. The molecule has 0 radical (unpaired) electrons. The van der Waals surface area contributed by atoms with Crippen molar-refractivity contribution in [3.63, 3.8) is 0 Å². The second kappa shape index (κ2) is 6.26. The average molecular weight is 328 g/mol. The third-order valence-electron chi connectivity index (χ3n) is 4.15. The van der Waals surface area contributed by atoms with E-state index in [-0.39, 0.29) is 12.1 Å². The third kappa shape index (κ3) is 3.58. The Morgan fingerprint density at radius 3 is 2.71 bits per heavy atom. The molecule has 6 heteroatoms. The van der Waals surface area contributed by atoms with Gasteiger partial charge in [0.25, 0.3) is 0 Å². The maximum atomic E-state index is 12.2. The quantitative estimate of drug-likeness (QED) is 0.848. The normalized spacial score (nSPS) is 18.0. The zero-order valence-corrected chi connectivity index (χ0v) is 14.7. The molecule has 2 aromatic rings. The largest absolute Gasteiger partial charge is 0.444 e. The molecular formula is C18H24N4O2. The number of aromatic nitrogens is 2. The maximum absolute atomic E-state index is 12.2. The van der Waals surface area contributed by atoms with Crippen molar-refractivity contribution in [1.82, 2.24) is 14.9 Å². The Labute approximate surface area is 142 Å². The molecule has 6 nitrogen and oxygen atoms in total. The van der Waals surface area contributed by atoms with Crippen LogP contribution in [0.2, 0.25) is 0 Å². The highest BCUT2D eigenvalue weighted by Crippen LogP contribution is 2.23. The lowest BCUT2D eigenvalue weighted by molar-refractivity contribution is 0.0238. The number of carbonyl (C=O) groups is 1. The lowest BCUT2D eigenvalue weighted by atomic mass is 10.2. The first-order valence-corrected chi connectivity index (χ1v) is 8.26. The molecule has 0 N–H and O–H groups in total. The van der Waals surface area contributed by atoms with E-state index in [0.29, 0.717) is 0 Å². The number of nitrogens with zero attached hydrogens (tertiary/aromatic N) is 4. The molecule has 1 amide bonds. The van der Waals surface area contributed by atoms with Gasteiger partial charge in [-0.1, -0.05) is 12.1 Å². The van der Waals surface area contributed by atoms with Crippen molar-refractivity contribution in [3.05, 3.63) is 30.5 Å². The molecule has 24 heavy (non-hydrogen) atoms. The lowest BCUT2D eigenvalue weighted by Crippen LogP contribution is -2.42. The first kappa shape index (κ1) is 16.5. The molecule has 0 saturated carbocycles. The number of benzene rings is 1. The van der Waals surface area contributed by atoms with E-state index in [4.69, 9.17) is 4.74 Å². The molecule has 0 aliphatic carbocycles. The molecule has 1 atom stereocenters. The Bertz CT molecular complexity index is 741. The van der Waals surface area contributed by atoms with Crippen molar-refractivity contribution in [2.45, 2.75) is 38.8 Å². The first-order chi connectivity index (χ1) is 11.3. The van der Waals surface area contributed by atoms with Crippen LogP contribution in [0.4, 0.5) is 10.6 Å². The minimum atomic E-state index is -0.479. The highest BCUT2D eigenvalue weighted by molar-refractivity contribution is 5.75. The minimum Gasteiger partial charge on any atom is -0.444 e. The van der Waals surface area contributed by atoms with Gasteiger partial charge < -0.3 is 14.5 Å². The fourth-order valence-corrected chi connectivity index (χ4v) is 2.85. The summed E-state index contributed by atoms with van der Waals surface area (Å²) in [5.41, 5.74) is 1.30. The predicted octanol–water partition coefficient (Wildman–Crippen LogP) is 3.08. The number of hydrogen-bond donors (Lipinski definition) is 0. The van der Waals surface area contributed by atoms with Crippen LogP contribution in [0, 0.1) is 0 Å². The standard InChI is InChI=1S/C18H24N4O2/c1-18(2,3)24-17(23)21(4)13-9-10-22(12-13)16-11-19-14-7-5-6-8-15(14)20-16/h5-8,11,13H,9-10,12H2,1-4H3. The van der Waals surface area contributed by atoms with Crippen LogP contribution in [-0.2, 0) is 4.74 Å². The van der Waals surface area contributed by atoms with Crippen molar-refractivity contribution in [1.29, 1.82) is 0 Å². The summed E-state index contributed by atoms with van der Waals surface area (Å²) in [6, 6.07) is 7.96. The summed E-state index contributed by atoms with van der Waals surface area (Å²) in [7, 11) is 1.80. The van der Waals surface area contributed by atoms with Crippen LogP contribution in [-0.4, -0.2) is 52.7 Å². The number of hydrogen-bond acceptors (Lipinski definition) is 5. The third-order valence-corrected chi connectivity index (χ3v) is 4.15. The summed E-state index contributed by atoms with van der Waals surface area (Å²) < 4.78 is 5.45. The van der Waals surface area contributed by atoms with E-state index in [1.54, 1.807) is 18.1 Å². The van der Waals surface area contributed by atoms with Gasteiger partial charge in [0, 0.05) is 20.1 Å². The molecule has 1 aliphatic heterocycles. The van der Waals surface area contributed by atoms with Gasteiger partial charge >= 0.3 is 6.09 Å². The Balaban J connectivity index is 1.69. The highest BCUT2D eigenvalue weighted by atomic mass is 16.6. The van der Waals surface area contributed by atoms with Crippen molar-refractivity contribution in [3.8, 4) is 0 Å². The number of anilines is 1. The van der Waals surface area contributed by atoms with Crippen molar-refractivity contribution in [2.75, 3.05) is 25.0 Å². The van der Waals surface area contributed by atoms with Crippen LogP contribution in [0.5, 0.6) is 0 Å². The minimum absolute atomic E-state index is 0.119. The monoisotopic (exact) mass is 328 g/mol. The predicted molar refractivity (Wildman–Crippen MR) is 94.2 cm³/mol. The van der Waals surface area contributed by atoms with Gasteiger partial charge in [0.15, 0.2) is 0 Å². The number of para-hydroxylation sites is 2. The molecular weight excluding hydrogens is 304 g/mol. The summed E-state index contributed by atoms with van der Waals surface area (Å²) in [5, 5.41) is 0. The molecule has 1 aromatic heterocycles. The number of ether oxygens (including phenoxy) is 1. The van der Waals surface area contributed by atoms with Crippen LogP contribution in [0.3, 0.4) is 0 Å². The molecule has 0 spiro atoms. The topological polar surface area (TPSA) is 58.6 Å². The SMILES string of the molecule is CN(C(=O)OC(C)(C)C)C1CCN(c2cnc3ccccc3n2)C1. The van der Waals surface area contributed by atoms with Crippen LogP contribution in [0.15, 0.2) is 30.5 Å². The summed E-state index contributed by atoms with van der Waals surface area (Å²) >= 11 is 0. The summed E-state index contributed by atoms with van der Waals surface area (Å²) in [4.78, 5) is 25.2.